The van der Waals surface area contributed by atoms with Gasteiger partial charge in [0.25, 0.3) is 5.91 Å². The molecule has 0 aliphatic rings. The molecule has 0 bridgehead atoms. The fraction of sp³-hybridized carbons (Fsp3) is 0.529. The number of halogens is 2. The summed E-state index contributed by atoms with van der Waals surface area (Å²) >= 11 is 0. The van der Waals surface area contributed by atoms with Crippen molar-refractivity contribution >= 4 is 11.9 Å². The largest absolute Gasteiger partial charge is 0.461 e. The highest BCUT2D eigenvalue weighted by Gasteiger charge is 2.31. The first-order valence-electron chi connectivity index (χ1n) is 7.75. The molecule has 0 radical (unpaired) electrons. The number of hydrogen-bond acceptors (Lipinski definition) is 3. The van der Waals surface area contributed by atoms with Gasteiger partial charge in [0.05, 0.1) is 0 Å². The molecule has 128 valence electrons. The van der Waals surface area contributed by atoms with Crippen molar-refractivity contribution in [3.05, 3.63) is 35.9 Å². The lowest BCUT2D eigenvalue weighted by atomic mass is 10.1. The lowest BCUT2D eigenvalue weighted by molar-refractivity contribution is -0.145. The molecule has 0 aromatic heterocycles. The Balaban J connectivity index is 1.98. The van der Waals surface area contributed by atoms with Crippen LogP contribution in [0, 0.1) is 0 Å². The second-order valence-electron chi connectivity index (χ2n) is 5.45. The predicted octanol–water partition coefficient (Wildman–Crippen LogP) is 3.45. The van der Waals surface area contributed by atoms with Gasteiger partial charge in [0.15, 0.2) is 0 Å². The van der Waals surface area contributed by atoms with Gasteiger partial charge in [-0.2, -0.15) is 8.78 Å². The molecule has 0 fully saturated rings. The van der Waals surface area contributed by atoms with Crippen LogP contribution >= 0.6 is 0 Å². The van der Waals surface area contributed by atoms with Crippen LogP contribution in [0.2, 0.25) is 0 Å². The minimum absolute atomic E-state index is 0.223. The van der Waals surface area contributed by atoms with Crippen LogP contribution in [0.25, 0.3) is 0 Å². The molecular weight excluding hydrogens is 304 g/mol. The number of rotatable bonds is 10. The molecule has 0 aliphatic carbocycles. The molecule has 4 nitrogen and oxygen atoms in total. The smallest absolute Gasteiger partial charge is 0.321 e. The van der Waals surface area contributed by atoms with Gasteiger partial charge < -0.3 is 10.1 Å². The number of nitrogens with one attached hydrogen (secondary N) is 1. The number of amides is 1. The van der Waals surface area contributed by atoms with Crippen molar-refractivity contribution in [1.82, 2.24) is 5.32 Å². The number of benzene rings is 1. The summed E-state index contributed by atoms with van der Waals surface area (Å²) in [6, 6.07) is 9.45. The van der Waals surface area contributed by atoms with Gasteiger partial charge in [0.2, 0.25) is 0 Å². The van der Waals surface area contributed by atoms with Gasteiger partial charge in [0.1, 0.15) is 6.61 Å². The predicted molar refractivity (Wildman–Crippen MR) is 83.0 cm³/mol. The van der Waals surface area contributed by atoms with E-state index in [1.165, 1.54) is 0 Å². The zero-order valence-electron chi connectivity index (χ0n) is 13.3. The highest BCUT2D eigenvalue weighted by atomic mass is 19.3. The van der Waals surface area contributed by atoms with E-state index >= 15 is 0 Å². The standard InChI is InChI=1S/C17H23F2NO3/c1-17(18,19)16(22)20-12-8-3-2-7-11-15(21)23-13-14-9-5-4-6-10-14/h4-6,9-10H,2-3,7-8,11-13H2,1H3,(H,20,22). The molecule has 0 aliphatic heterocycles. The van der Waals surface area contributed by atoms with Crippen molar-refractivity contribution in [1.29, 1.82) is 0 Å². The Morgan fingerprint density at radius 2 is 1.74 bits per heavy atom. The Morgan fingerprint density at radius 3 is 2.39 bits per heavy atom. The minimum atomic E-state index is -3.33. The van der Waals surface area contributed by atoms with Gasteiger partial charge in [-0.25, -0.2) is 0 Å². The second kappa shape index (κ2) is 9.92. The molecule has 1 N–H and O–H groups in total. The summed E-state index contributed by atoms with van der Waals surface area (Å²) in [7, 11) is 0. The molecule has 0 unspecified atom stereocenters. The van der Waals surface area contributed by atoms with Crippen LogP contribution in [-0.4, -0.2) is 24.3 Å². The summed E-state index contributed by atoms with van der Waals surface area (Å²) in [5.74, 6) is -4.82. The third-order valence-electron chi connectivity index (χ3n) is 3.23. The molecule has 0 atom stereocenters. The Kier molecular flexibility index (Phi) is 8.22. The molecule has 1 rings (SSSR count). The minimum Gasteiger partial charge on any atom is -0.461 e. The molecule has 23 heavy (non-hydrogen) atoms. The quantitative estimate of drug-likeness (QED) is 0.529. The number of esters is 1. The fourth-order valence-corrected chi connectivity index (χ4v) is 1.92. The Labute approximate surface area is 135 Å². The summed E-state index contributed by atoms with van der Waals surface area (Å²) in [5, 5.41) is 2.18. The van der Waals surface area contributed by atoms with E-state index in [1.54, 1.807) is 0 Å². The van der Waals surface area contributed by atoms with Crippen LogP contribution in [-0.2, 0) is 20.9 Å². The number of hydrogen-bond donors (Lipinski definition) is 1. The van der Waals surface area contributed by atoms with Crippen LogP contribution < -0.4 is 5.32 Å². The number of unbranched alkanes of at least 4 members (excludes halogenated alkanes) is 3. The lowest BCUT2D eigenvalue weighted by Gasteiger charge is -2.10. The Bertz CT molecular complexity index is 486. The topological polar surface area (TPSA) is 55.4 Å². The third kappa shape index (κ3) is 8.90. The molecule has 0 heterocycles. The normalized spacial score (nSPS) is 11.1. The van der Waals surface area contributed by atoms with Crippen molar-refractivity contribution in [2.24, 2.45) is 0 Å². The Hall–Kier alpha value is -1.98. The number of ether oxygens (including phenoxy) is 1. The highest BCUT2D eigenvalue weighted by molar-refractivity contribution is 5.82. The lowest BCUT2D eigenvalue weighted by Crippen LogP contribution is -2.38. The summed E-state index contributed by atoms with van der Waals surface area (Å²) < 4.78 is 30.3. The van der Waals surface area contributed by atoms with Gasteiger partial charge in [-0.1, -0.05) is 43.2 Å². The first-order chi connectivity index (χ1) is 10.9. The van der Waals surface area contributed by atoms with Crippen molar-refractivity contribution < 1.29 is 23.1 Å². The Morgan fingerprint density at radius 1 is 1.09 bits per heavy atom. The van der Waals surface area contributed by atoms with Crippen LogP contribution in [0.4, 0.5) is 8.78 Å². The summed E-state index contributed by atoms with van der Waals surface area (Å²) in [6.45, 7) is 1.07. The van der Waals surface area contributed by atoms with Crippen LogP contribution in [0.5, 0.6) is 0 Å². The van der Waals surface area contributed by atoms with Gasteiger partial charge in [-0.3, -0.25) is 9.59 Å². The molecule has 1 amide bonds. The molecule has 6 heteroatoms. The maximum Gasteiger partial charge on any atom is 0.321 e. The molecular formula is C17H23F2NO3. The monoisotopic (exact) mass is 327 g/mol. The van der Waals surface area contributed by atoms with E-state index in [-0.39, 0.29) is 19.1 Å². The maximum absolute atomic E-state index is 12.6. The van der Waals surface area contributed by atoms with E-state index in [2.05, 4.69) is 5.32 Å². The van der Waals surface area contributed by atoms with E-state index in [0.29, 0.717) is 26.2 Å². The van der Waals surface area contributed by atoms with E-state index in [9.17, 15) is 18.4 Å². The van der Waals surface area contributed by atoms with Crippen LogP contribution in [0.1, 0.15) is 44.6 Å². The molecule has 1 aromatic rings. The average molecular weight is 327 g/mol. The van der Waals surface area contributed by atoms with Crippen molar-refractivity contribution in [2.75, 3.05) is 6.54 Å². The zero-order chi connectivity index (χ0) is 17.1. The van der Waals surface area contributed by atoms with E-state index in [0.717, 1.165) is 18.4 Å². The third-order valence-corrected chi connectivity index (χ3v) is 3.23. The van der Waals surface area contributed by atoms with Gasteiger partial charge in [-0.05, 0) is 18.4 Å². The second-order valence-corrected chi connectivity index (χ2v) is 5.45. The van der Waals surface area contributed by atoms with Crippen molar-refractivity contribution in [3.63, 3.8) is 0 Å². The summed E-state index contributed by atoms with van der Waals surface area (Å²) in [5.41, 5.74) is 0.948. The SMILES string of the molecule is CC(F)(F)C(=O)NCCCCCCC(=O)OCc1ccccc1. The van der Waals surface area contributed by atoms with Crippen molar-refractivity contribution in [3.8, 4) is 0 Å². The molecule has 1 aromatic carbocycles. The fourth-order valence-electron chi connectivity index (χ4n) is 1.92. The first-order valence-corrected chi connectivity index (χ1v) is 7.75. The molecule has 0 saturated carbocycles. The molecule has 0 saturated heterocycles. The number of carbonyl (C=O) groups is 2. The van der Waals surface area contributed by atoms with Gasteiger partial charge in [-0.15, -0.1) is 0 Å². The first kappa shape index (κ1) is 19.1. The zero-order valence-corrected chi connectivity index (χ0v) is 13.3. The summed E-state index contributed by atoms with van der Waals surface area (Å²) in [6.07, 6.45) is 3.19. The van der Waals surface area contributed by atoms with Gasteiger partial charge >= 0.3 is 11.9 Å². The van der Waals surface area contributed by atoms with E-state index in [1.807, 2.05) is 30.3 Å². The highest BCUT2D eigenvalue weighted by Crippen LogP contribution is 2.11. The van der Waals surface area contributed by atoms with E-state index < -0.39 is 11.8 Å². The number of carbonyl (C=O) groups excluding carboxylic acids is 2. The molecule has 0 spiro atoms. The number of alkyl halides is 2. The van der Waals surface area contributed by atoms with Crippen molar-refractivity contribution in [2.45, 2.75) is 51.6 Å². The summed E-state index contributed by atoms with van der Waals surface area (Å²) in [4.78, 5) is 22.5. The van der Waals surface area contributed by atoms with Crippen LogP contribution in [0.3, 0.4) is 0 Å². The van der Waals surface area contributed by atoms with Crippen LogP contribution in [0.15, 0.2) is 30.3 Å². The average Bonchev–Trinajstić information content (AvgIpc) is 2.52. The maximum atomic E-state index is 12.6. The van der Waals surface area contributed by atoms with E-state index in [4.69, 9.17) is 4.74 Å². The van der Waals surface area contributed by atoms with Gasteiger partial charge in [0, 0.05) is 19.9 Å².